The zero-order valence-corrected chi connectivity index (χ0v) is 24.0. The summed E-state index contributed by atoms with van der Waals surface area (Å²) in [5.74, 6) is -0.669. The average Bonchev–Trinajstić information content (AvgIpc) is 2.78. The molecule has 0 spiro atoms. The minimum absolute atomic E-state index is 0.192. The van der Waals surface area contributed by atoms with Crippen LogP contribution in [0.2, 0.25) is 0 Å². The van der Waals surface area contributed by atoms with Gasteiger partial charge in [-0.1, -0.05) is 65.2 Å². The van der Waals surface area contributed by atoms with Crippen LogP contribution in [0, 0.1) is 19.8 Å². The van der Waals surface area contributed by atoms with Crippen LogP contribution in [0.15, 0.2) is 18.2 Å². The molecule has 0 aromatic heterocycles. The van der Waals surface area contributed by atoms with E-state index in [1.807, 2.05) is 45.9 Å². The van der Waals surface area contributed by atoms with E-state index in [4.69, 9.17) is 4.74 Å². The van der Waals surface area contributed by atoms with Crippen molar-refractivity contribution in [2.75, 3.05) is 13.1 Å². The maximum atomic E-state index is 14.0. The van der Waals surface area contributed by atoms with Crippen LogP contribution < -0.4 is 10.6 Å². The van der Waals surface area contributed by atoms with Crippen molar-refractivity contribution in [3.05, 3.63) is 34.9 Å². The van der Waals surface area contributed by atoms with E-state index in [-0.39, 0.29) is 17.7 Å². The third-order valence-electron chi connectivity index (χ3n) is 6.13. The molecule has 7 nitrogen and oxygen atoms in total. The van der Waals surface area contributed by atoms with Gasteiger partial charge in [-0.15, -0.1) is 0 Å². The predicted molar refractivity (Wildman–Crippen MR) is 146 cm³/mol. The van der Waals surface area contributed by atoms with Gasteiger partial charge in [0.1, 0.15) is 17.7 Å². The van der Waals surface area contributed by atoms with Gasteiger partial charge in [-0.2, -0.15) is 0 Å². The van der Waals surface area contributed by atoms with E-state index < -0.39 is 23.8 Å². The molecule has 1 rings (SSSR count). The van der Waals surface area contributed by atoms with Crippen molar-refractivity contribution in [1.82, 2.24) is 15.5 Å². The second-order valence-corrected chi connectivity index (χ2v) is 11.0. The van der Waals surface area contributed by atoms with Gasteiger partial charge in [-0.05, 0) is 70.1 Å². The molecule has 0 aliphatic rings. The lowest BCUT2D eigenvalue weighted by Gasteiger charge is -2.36. The van der Waals surface area contributed by atoms with Gasteiger partial charge >= 0.3 is 6.09 Å². The lowest BCUT2D eigenvalue weighted by molar-refractivity contribution is -0.143. The molecule has 1 aromatic carbocycles. The van der Waals surface area contributed by atoms with Crippen LogP contribution in [0.4, 0.5) is 4.79 Å². The lowest BCUT2D eigenvalue weighted by Crippen LogP contribution is -2.55. The highest BCUT2D eigenvalue weighted by Gasteiger charge is 2.37. The second kappa shape index (κ2) is 14.9. The molecule has 3 amide bonds. The molecule has 0 bridgehead atoms. The van der Waals surface area contributed by atoms with Crippen LogP contribution >= 0.6 is 0 Å². The van der Waals surface area contributed by atoms with E-state index in [1.165, 1.54) is 0 Å². The minimum Gasteiger partial charge on any atom is -0.444 e. The Balaban J connectivity index is 3.42. The second-order valence-electron chi connectivity index (χ2n) is 11.0. The van der Waals surface area contributed by atoms with Crippen LogP contribution in [-0.2, 0) is 14.3 Å². The largest absolute Gasteiger partial charge is 0.444 e. The summed E-state index contributed by atoms with van der Waals surface area (Å²) in [5.41, 5.74) is 2.28. The van der Waals surface area contributed by atoms with Crippen LogP contribution in [0.5, 0.6) is 0 Å². The lowest BCUT2D eigenvalue weighted by atomic mass is 9.96. The molecular formula is C29H49N3O4. The summed E-state index contributed by atoms with van der Waals surface area (Å²) in [5, 5.41) is 5.83. The highest BCUT2D eigenvalue weighted by molar-refractivity contribution is 5.92. The number of amides is 3. The quantitative estimate of drug-likeness (QED) is 0.332. The molecule has 2 unspecified atom stereocenters. The van der Waals surface area contributed by atoms with Crippen molar-refractivity contribution in [3.63, 3.8) is 0 Å². The van der Waals surface area contributed by atoms with E-state index in [0.29, 0.717) is 13.1 Å². The Morgan fingerprint density at radius 1 is 0.972 bits per heavy atom. The van der Waals surface area contributed by atoms with Crippen molar-refractivity contribution in [1.29, 1.82) is 0 Å². The SMILES string of the molecule is CCCCCNC(=O)C(c1ccc(C)c(C)c1)N(CCCC)C(=O)C(NC(=O)OC(C)(C)C)C(C)C. The highest BCUT2D eigenvalue weighted by atomic mass is 16.6. The summed E-state index contributed by atoms with van der Waals surface area (Å²) in [4.78, 5) is 41.8. The first-order valence-corrected chi connectivity index (χ1v) is 13.5. The van der Waals surface area contributed by atoms with Crippen molar-refractivity contribution < 1.29 is 19.1 Å². The van der Waals surface area contributed by atoms with Crippen molar-refractivity contribution in [2.45, 2.75) is 112 Å². The Morgan fingerprint density at radius 2 is 1.61 bits per heavy atom. The van der Waals surface area contributed by atoms with Gasteiger partial charge in [0.05, 0.1) is 0 Å². The first-order chi connectivity index (χ1) is 16.8. The topological polar surface area (TPSA) is 87.7 Å². The zero-order chi connectivity index (χ0) is 27.5. The van der Waals surface area contributed by atoms with Crippen LogP contribution in [-0.4, -0.2) is 47.5 Å². The number of unbranched alkanes of at least 4 members (excludes halogenated alkanes) is 3. The Labute approximate surface area is 218 Å². The number of carbonyl (C=O) groups is 3. The van der Waals surface area contributed by atoms with E-state index in [9.17, 15) is 14.4 Å². The number of nitrogens with zero attached hydrogens (tertiary/aromatic N) is 1. The van der Waals surface area contributed by atoms with Crippen LogP contribution in [0.1, 0.15) is 103 Å². The molecule has 0 radical (unpaired) electrons. The Morgan fingerprint density at radius 3 is 2.14 bits per heavy atom. The summed E-state index contributed by atoms with van der Waals surface area (Å²) in [6.45, 7) is 18.3. The molecule has 2 N–H and O–H groups in total. The normalized spacial score (nSPS) is 13.2. The summed E-state index contributed by atoms with van der Waals surface area (Å²) >= 11 is 0. The summed E-state index contributed by atoms with van der Waals surface area (Å²) in [6, 6.07) is 4.30. The Bertz CT molecular complexity index is 861. The van der Waals surface area contributed by atoms with Crippen LogP contribution in [0.25, 0.3) is 0 Å². The maximum Gasteiger partial charge on any atom is 0.408 e. The van der Waals surface area contributed by atoms with Crippen molar-refractivity contribution in [2.24, 2.45) is 5.92 Å². The average molecular weight is 504 g/mol. The van der Waals surface area contributed by atoms with Crippen molar-refractivity contribution >= 4 is 17.9 Å². The molecule has 0 heterocycles. The molecular weight excluding hydrogens is 454 g/mol. The van der Waals surface area contributed by atoms with Gasteiger partial charge in [0, 0.05) is 13.1 Å². The number of ether oxygens (including phenoxy) is 1. The van der Waals surface area contributed by atoms with Gasteiger partial charge in [0.2, 0.25) is 11.8 Å². The molecule has 0 aliphatic carbocycles. The summed E-state index contributed by atoms with van der Waals surface area (Å²) in [6.07, 6.45) is 3.95. The van der Waals surface area contributed by atoms with Gasteiger partial charge in [-0.25, -0.2) is 4.79 Å². The number of rotatable bonds is 13. The molecule has 2 atom stereocenters. The third-order valence-corrected chi connectivity index (χ3v) is 6.13. The number of benzene rings is 1. The standard InChI is InChI=1S/C29H49N3O4/c1-10-12-14-17-30-26(33)25(23-16-15-21(5)22(6)19-23)32(18-13-11-2)27(34)24(20(3)4)31-28(35)36-29(7,8)9/h15-16,19-20,24-25H,10-14,17-18H2,1-9H3,(H,30,33)(H,31,35). The monoisotopic (exact) mass is 503 g/mol. The van der Waals surface area contributed by atoms with Crippen LogP contribution in [0.3, 0.4) is 0 Å². The predicted octanol–water partition coefficient (Wildman–Crippen LogP) is 5.83. The number of hydrogen-bond donors (Lipinski definition) is 2. The van der Waals surface area contributed by atoms with E-state index in [1.54, 1.807) is 25.7 Å². The smallest absolute Gasteiger partial charge is 0.408 e. The summed E-state index contributed by atoms with van der Waals surface area (Å²) in [7, 11) is 0. The minimum atomic E-state index is -0.821. The van der Waals surface area contributed by atoms with Gasteiger partial charge in [0.25, 0.3) is 0 Å². The van der Waals surface area contributed by atoms with Gasteiger partial charge in [0.15, 0.2) is 0 Å². The van der Waals surface area contributed by atoms with Gasteiger partial charge in [-0.3, -0.25) is 9.59 Å². The summed E-state index contributed by atoms with van der Waals surface area (Å²) < 4.78 is 5.43. The molecule has 0 saturated heterocycles. The molecule has 36 heavy (non-hydrogen) atoms. The van der Waals surface area contributed by atoms with Gasteiger partial charge < -0.3 is 20.3 Å². The van der Waals surface area contributed by atoms with Crippen molar-refractivity contribution in [3.8, 4) is 0 Å². The number of carbonyl (C=O) groups excluding carboxylic acids is 3. The van der Waals surface area contributed by atoms with E-state index in [0.717, 1.165) is 48.8 Å². The Kier molecular flexibility index (Phi) is 13.0. The molecule has 1 aromatic rings. The molecule has 0 aliphatic heterocycles. The Hall–Kier alpha value is -2.57. The highest BCUT2D eigenvalue weighted by Crippen LogP contribution is 2.26. The molecule has 0 saturated carbocycles. The van der Waals surface area contributed by atoms with E-state index >= 15 is 0 Å². The number of alkyl carbamates (subject to hydrolysis) is 1. The first kappa shape index (κ1) is 31.5. The molecule has 0 fully saturated rings. The fourth-order valence-electron chi connectivity index (χ4n) is 3.91. The number of nitrogens with one attached hydrogen (secondary N) is 2. The zero-order valence-electron chi connectivity index (χ0n) is 24.0. The fourth-order valence-corrected chi connectivity index (χ4v) is 3.91. The first-order valence-electron chi connectivity index (χ1n) is 13.5. The third kappa shape index (κ3) is 10.2. The maximum absolute atomic E-state index is 14.0. The molecule has 7 heteroatoms. The van der Waals surface area contributed by atoms with E-state index in [2.05, 4.69) is 24.5 Å². The number of aryl methyl sites for hydroxylation is 2. The fraction of sp³-hybridized carbons (Fsp3) is 0.690. The molecule has 204 valence electrons. The number of hydrogen-bond acceptors (Lipinski definition) is 4.